The van der Waals surface area contributed by atoms with E-state index in [9.17, 15) is 28.2 Å². The van der Waals surface area contributed by atoms with Crippen LogP contribution in [0.2, 0.25) is 0 Å². The molecule has 2 N–H and O–H groups in total. The molecule has 0 aliphatic rings. The Labute approximate surface area is 153 Å². The number of phenolic OH excluding ortho intramolecular Hbond substituents is 1. The van der Waals surface area contributed by atoms with Crippen molar-refractivity contribution in [3.8, 4) is 5.75 Å². The fourth-order valence-electron chi connectivity index (χ4n) is 2.51. The minimum atomic E-state index is -4.43. The average molecular weight is 387 g/mol. The van der Waals surface area contributed by atoms with Gasteiger partial charge in [-0.1, -0.05) is 12.1 Å². The van der Waals surface area contributed by atoms with E-state index in [2.05, 4.69) is 10.2 Å². The lowest BCUT2D eigenvalue weighted by atomic mass is 10.1. The van der Waals surface area contributed by atoms with Crippen LogP contribution in [0.1, 0.15) is 5.56 Å². The van der Waals surface area contributed by atoms with Crippen molar-refractivity contribution in [3.05, 3.63) is 64.2 Å². The van der Waals surface area contributed by atoms with Crippen LogP contribution in [-0.2, 0) is 10.1 Å². The van der Waals surface area contributed by atoms with Crippen LogP contribution in [0.25, 0.3) is 10.8 Å². The molecule has 3 aromatic carbocycles. The molecule has 27 heavy (non-hydrogen) atoms. The lowest BCUT2D eigenvalue weighted by molar-refractivity contribution is -0.384. The molecular formula is C17H13N3O6S. The standard InChI is InChI=1S/C17H13N3O6S/c1-10-8-12(20(22)23)4-6-15(10)18-19-17-14-9-13(27(24,25)26)5-2-11(14)3-7-16(17)21/h2-9,21H,1H3,(H,24,25,26). The number of non-ortho nitro benzene ring substituents is 1. The van der Waals surface area contributed by atoms with E-state index in [1.54, 1.807) is 13.0 Å². The summed E-state index contributed by atoms with van der Waals surface area (Å²) in [5.74, 6) is -0.238. The first kappa shape index (κ1) is 18.4. The van der Waals surface area contributed by atoms with Gasteiger partial charge < -0.3 is 5.11 Å². The zero-order valence-corrected chi connectivity index (χ0v) is 14.7. The number of aryl methyl sites for hydroxylation is 1. The lowest BCUT2D eigenvalue weighted by Gasteiger charge is -2.06. The second-order valence-electron chi connectivity index (χ2n) is 5.72. The number of fused-ring (bicyclic) bond motifs is 1. The van der Waals surface area contributed by atoms with Gasteiger partial charge in [0.15, 0.2) is 0 Å². The van der Waals surface area contributed by atoms with Gasteiger partial charge in [-0.15, -0.1) is 5.11 Å². The number of nitro benzene ring substituents is 1. The molecule has 3 rings (SSSR count). The zero-order valence-electron chi connectivity index (χ0n) is 13.9. The van der Waals surface area contributed by atoms with Crippen molar-refractivity contribution in [2.24, 2.45) is 10.2 Å². The van der Waals surface area contributed by atoms with Gasteiger partial charge in [0.25, 0.3) is 15.8 Å². The van der Waals surface area contributed by atoms with Crippen molar-refractivity contribution < 1.29 is 23.0 Å². The summed E-state index contributed by atoms with van der Waals surface area (Å²) >= 11 is 0. The van der Waals surface area contributed by atoms with Crippen LogP contribution >= 0.6 is 0 Å². The van der Waals surface area contributed by atoms with Crippen LogP contribution < -0.4 is 0 Å². The predicted octanol–water partition coefficient (Wildman–Crippen LogP) is 4.42. The normalized spacial score (nSPS) is 11.9. The number of nitro groups is 1. The van der Waals surface area contributed by atoms with Crippen LogP contribution in [0.15, 0.2) is 63.7 Å². The monoisotopic (exact) mass is 387 g/mol. The van der Waals surface area contributed by atoms with Gasteiger partial charge >= 0.3 is 0 Å². The highest BCUT2D eigenvalue weighted by Crippen LogP contribution is 2.37. The van der Waals surface area contributed by atoms with Gasteiger partial charge in [0.2, 0.25) is 0 Å². The molecule has 0 spiro atoms. The first-order valence-corrected chi connectivity index (χ1v) is 9.01. The Morgan fingerprint density at radius 3 is 2.37 bits per heavy atom. The van der Waals surface area contributed by atoms with Gasteiger partial charge in [0.05, 0.1) is 15.5 Å². The average Bonchev–Trinajstić information content (AvgIpc) is 2.60. The van der Waals surface area contributed by atoms with Crippen LogP contribution in [0.5, 0.6) is 5.75 Å². The second kappa shape index (κ2) is 6.74. The van der Waals surface area contributed by atoms with E-state index in [1.165, 1.54) is 42.5 Å². The quantitative estimate of drug-likeness (QED) is 0.293. The maximum atomic E-state index is 11.4. The summed E-state index contributed by atoms with van der Waals surface area (Å²) in [5.41, 5.74) is 0.780. The summed E-state index contributed by atoms with van der Waals surface area (Å²) in [6.07, 6.45) is 0. The highest BCUT2D eigenvalue weighted by atomic mass is 32.2. The van der Waals surface area contributed by atoms with Gasteiger partial charge in [0.1, 0.15) is 11.4 Å². The third-order valence-electron chi connectivity index (χ3n) is 3.89. The van der Waals surface area contributed by atoms with Crippen molar-refractivity contribution in [1.29, 1.82) is 0 Å². The summed E-state index contributed by atoms with van der Waals surface area (Å²) in [4.78, 5) is 9.93. The van der Waals surface area contributed by atoms with Crippen LogP contribution in [0.4, 0.5) is 17.1 Å². The Balaban J connectivity index is 2.12. The predicted molar refractivity (Wildman–Crippen MR) is 97.4 cm³/mol. The van der Waals surface area contributed by atoms with Crippen molar-refractivity contribution in [1.82, 2.24) is 0 Å². The molecule has 3 aromatic rings. The molecule has 0 heterocycles. The highest BCUT2D eigenvalue weighted by molar-refractivity contribution is 7.85. The molecule has 0 bridgehead atoms. The van der Waals surface area contributed by atoms with E-state index in [4.69, 9.17) is 0 Å². The molecule has 0 fully saturated rings. The molecule has 0 atom stereocenters. The topological polar surface area (TPSA) is 142 Å². The minimum absolute atomic E-state index is 0.00996. The molecule has 0 saturated carbocycles. The fourth-order valence-corrected chi connectivity index (χ4v) is 3.01. The minimum Gasteiger partial charge on any atom is -0.506 e. The zero-order chi connectivity index (χ0) is 19.8. The third-order valence-corrected chi connectivity index (χ3v) is 4.74. The Morgan fingerprint density at radius 1 is 1.04 bits per heavy atom. The number of azo groups is 1. The summed E-state index contributed by atoms with van der Waals surface area (Å²) in [6.45, 7) is 1.63. The first-order chi connectivity index (χ1) is 12.7. The Hall–Kier alpha value is -3.37. The molecular weight excluding hydrogens is 374 g/mol. The van der Waals surface area contributed by atoms with E-state index in [0.29, 0.717) is 16.6 Å². The Kier molecular flexibility index (Phi) is 4.60. The summed E-state index contributed by atoms with van der Waals surface area (Å²) in [6, 6.07) is 10.9. The van der Waals surface area contributed by atoms with Crippen molar-refractivity contribution >= 4 is 38.0 Å². The van der Waals surface area contributed by atoms with Crippen molar-refractivity contribution in [3.63, 3.8) is 0 Å². The van der Waals surface area contributed by atoms with Crippen LogP contribution in [0, 0.1) is 17.0 Å². The summed E-state index contributed by atoms with van der Waals surface area (Å²) in [5, 5.41) is 29.8. The van der Waals surface area contributed by atoms with Crippen molar-refractivity contribution in [2.75, 3.05) is 0 Å². The molecule has 0 aliphatic carbocycles. The number of hydrogen-bond donors (Lipinski definition) is 2. The highest BCUT2D eigenvalue weighted by Gasteiger charge is 2.14. The maximum absolute atomic E-state index is 11.4. The second-order valence-corrected chi connectivity index (χ2v) is 7.14. The number of benzene rings is 3. The fraction of sp³-hybridized carbons (Fsp3) is 0.0588. The largest absolute Gasteiger partial charge is 0.506 e. The van der Waals surface area contributed by atoms with Crippen LogP contribution in [0.3, 0.4) is 0 Å². The molecule has 0 saturated heterocycles. The molecule has 0 amide bonds. The van der Waals surface area contributed by atoms with Crippen LogP contribution in [-0.4, -0.2) is 23.0 Å². The smallest absolute Gasteiger partial charge is 0.294 e. The van der Waals surface area contributed by atoms with E-state index in [1.807, 2.05) is 0 Å². The Morgan fingerprint density at radius 2 is 1.74 bits per heavy atom. The van der Waals surface area contributed by atoms with Gasteiger partial charge in [-0.05, 0) is 42.1 Å². The van der Waals surface area contributed by atoms with Gasteiger partial charge in [0, 0.05) is 17.5 Å². The summed E-state index contributed by atoms with van der Waals surface area (Å²) < 4.78 is 32.0. The van der Waals surface area contributed by atoms with E-state index in [0.717, 1.165) is 0 Å². The molecule has 0 radical (unpaired) electrons. The summed E-state index contributed by atoms with van der Waals surface area (Å²) in [7, 11) is -4.43. The SMILES string of the molecule is Cc1cc([N+](=O)[O-])ccc1N=Nc1c(O)ccc2ccc(S(=O)(=O)O)cc12. The maximum Gasteiger partial charge on any atom is 0.294 e. The number of hydrogen-bond acceptors (Lipinski definition) is 7. The first-order valence-electron chi connectivity index (χ1n) is 7.57. The number of phenols is 1. The molecule has 9 nitrogen and oxygen atoms in total. The number of nitrogens with zero attached hydrogens (tertiary/aromatic N) is 3. The molecule has 0 aromatic heterocycles. The molecule has 10 heteroatoms. The number of aromatic hydroxyl groups is 1. The van der Waals surface area contributed by atoms with Gasteiger partial charge in [-0.2, -0.15) is 13.5 Å². The third kappa shape index (κ3) is 3.76. The lowest BCUT2D eigenvalue weighted by Crippen LogP contribution is -1.97. The van der Waals surface area contributed by atoms with E-state index >= 15 is 0 Å². The van der Waals surface area contributed by atoms with Gasteiger partial charge in [-0.25, -0.2) is 0 Å². The molecule has 0 aliphatic heterocycles. The van der Waals surface area contributed by atoms with E-state index in [-0.39, 0.29) is 27.4 Å². The Bertz CT molecular complexity index is 1200. The molecule has 0 unspecified atom stereocenters. The van der Waals surface area contributed by atoms with Gasteiger partial charge in [-0.3, -0.25) is 14.7 Å². The number of rotatable bonds is 4. The van der Waals surface area contributed by atoms with Crippen molar-refractivity contribution in [2.45, 2.75) is 11.8 Å². The van der Waals surface area contributed by atoms with E-state index < -0.39 is 15.0 Å². The molecule has 138 valence electrons.